The number of hydrogen-bond donors (Lipinski definition) is 3. The van der Waals surface area contributed by atoms with Gasteiger partial charge in [-0.1, -0.05) is 48.5 Å². The van der Waals surface area contributed by atoms with Crippen molar-refractivity contribution in [2.75, 3.05) is 39.3 Å². The molecule has 0 bridgehead atoms. The van der Waals surface area contributed by atoms with E-state index in [0.717, 1.165) is 13.0 Å². The normalized spacial score (nSPS) is 12.5. The van der Waals surface area contributed by atoms with Crippen LogP contribution in [0.4, 0.5) is 4.79 Å². The van der Waals surface area contributed by atoms with Gasteiger partial charge >= 0.3 is 12.1 Å². The van der Waals surface area contributed by atoms with Crippen LogP contribution < -0.4 is 11.1 Å². The van der Waals surface area contributed by atoms with E-state index in [9.17, 15) is 9.59 Å². The van der Waals surface area contributed by atoms with Gasteiger partial charge in [-0.2, -0.15) is 0 Å². The second kappa shape index (κ2) is 11.5. The number of carboxylic acids is 1. The first-order valence-corrected chi connectivity index (χ1v) is 10.8. The summed E-state index contributed by atoms with van der Waals surface area (Å²) in [5, 5.41) is 11.7. The Bertz CT molecular complexity index is 841. The van der Waals surface area contributed by atoms with Crippen LogP contribution >= 0.6 is 0 Å². The number of alkyl carbamates (subject to hydrolysis) is 1. The van der Waals surface area contributed by atoms with Crippen molar-refractivity contribution in [3.8, 4) is 11.1 Å². The first kappa shape index (κ1) is 22.8. The van der Waals surface area contributed by atoms with Gasteiger partial charge in [0.25, 0.3) is 0 Å². The topological polar surface area (TPSA) is 105 Å². The zero-order valence-electron chi connectivity index (χ0n) is 17.8. The maximum absolute atomic E-state index is 12.2. The van der Waals surface area contributed by atoms with Crippen LogP contribution in [0.25, 0.3) is 11.1 Å². The number of hydrogen-bond acceptors (Lipinski definition) is 5. The van der Waals surface area contributed by atoms with E-state index >= 15 is 0 Å². The van der Waals surface area contributed by atoms with Crippen molar-refractivity contribution in [2.24, 2.45) is 5.73 Å². The molecule has 0 saturated carbocycles. The van der Waals surface area contributed by atoms with Crippen molar-refractivity contribution in [3.63, 3.8) is 0 Å². The van der Waals surface area contributed by atoms with Gasteiger partial charge in [-0.25, -0.2) is 4.79 Å². The molecule has 7 nitrogen and oxygen atoms in total. The molecule has 1 aliphatic carbocycles. The third-order valence-corrected chi connectivity index (χ3v) is 5.58. The maximum atomic E-state index is 12.2. The van der Waals surface area contributed by atoms with Crippen molar-refractivity contribution >= 4 is 12.1 Å². The number of nitrogens with zero attached hydrogens (tertiary/aromatic N) is 1. The number of aliphatic carboxylic acids is 1. The number of rotatable bonds is 12. The Morgan fingerprint density at radius 2 is 1.58 bits per heavy atom. The van der Waals surface area contributed by atoms with Gasteiger partial charge in [0.2, 0.25) is 0 Å². The molecule has 31 heavy (non-hydrogen) atoms. The number of nitrogens with two attached hydrogens (primary N) is 1. The lowest BCUT2D eigenvalue weighted by molar-refractivity contribution is -0.137. The molecule has 2 aromatic rings. The van der Waals surface area contributed by atoms with Gasteiger partial charge in [0.05, 0.1) is 6.42 Å². The number of fused-ring (bicyclic) bond motifs is 3. The Hall–Kier alpha value is -2.90. The molecule has 0 atom stereocenters. The highest BCUT2D eigenvalue weighted by Crippen LogP contribution is 2.44. The van der Waals surface area contributed by atoms with Gasteiger partial charge in [-0.05, 0) is 54.7 Å². The number of amides is 1. The minimum Gasteiger partial charge on any atom is -0.481 e. The SMILES string of the molecule is NCCCN(CCCNC(=O)OCC1c2ccccc2-c2ccccc21)CCC(=O)O. The summed E-state index contributed by atoms with van der Waals surface area (Å²) in [6.45, 7) is 3.29. The summed E-state index contributed by atoms with van der Waals surface area (Å²) in [6, 6.07) is 16.5. The smallest absolute Gasteiger partial charge is 0.407 e. The van der Waals surface area contributed by atoms with Gasteiger partial charge in [-0.15, -0.1) is 0 Å². The molecule has 0 fully saturated rings. The second-order valence-electron chi connectivity index (χ2n) is 7.73. The molecule has 7 heteroatoms. The lowest BCUT2D eigenvalue weighted by Gasteiger charge is -2.21. The summed E-state index contributed by atoms with van der Waals surface area (Å²) in [7, 11) is 0. The van der Waals surface area contributed by atoms with Crippen LogP contribution in [0.15, 0.2) is 48.5 Å². The largest absolute Gasteiger partial charge is 0.481 e. The van der Waals surface area contributed by atoms with Crippen molar-refractivity contribution in [2.45, 2.75) is 25.2 Å². The van der Waals surface area contributed by atoms with Crippen molar-refractivity contribution < 1.29 is 19.4 Å². The van der Waals surface area contributed by atoms with E-state index < -0.39 is 12.1 Å². The summed E-state index contributed by atoms with van der Waals surface area (Å²) in [6.07, 6.45) is 1.21. The van der Waals surface area contributed by atoms with E-state index in [1.54, 1.807) is 0 Å². The van der Waals surface area contributed by atoms with Gasteiger partial charge in [-0.3, -0.25) is 4.79 Å². The molecule has 0 aliphatic heterocycles. The summed E-state index contributed by atoms with van der Waals surface area (Å²) in [5.74, 6) is -0.768. The lowest BCUT2D eigenvalue weighted by atomic mass is 9.98. The number of benzene rings is 2. The van der Waals surface area contributed by atoms with Crippen molar-refractivity contribution in [1.82, 2.24) is 10.2 Å². The molecule has 0 spiro atoms. The second-order valence-corrected chi connectivity index (χ2v) is 7.73. The molecular formula is C24H31N3O4. The molecule has 3 rings (SSSR count). The standard InChI is InChI=1S/C24H31N3O4/c25-12-5-14-27(16-11-23(28)29)15-6-13-26-24(30)31-17-22-20-9-3-1-7-18(20)19-8-2-4-10-21(19)22/h1-4,7-10,22H,5-6,11-17,25H2,(H,26,30)(H,28,29). The first-order chi connectivity index (χ1) is 15.1. The van der Waals surface area contributed by atoms with Crippen LogP contribution in [-0.2, 0) is 9.53 Å². The predicted molar refractivity (Wildman–Crippen MR) is 120 cm³/mol. The lowest BCUT2D eigenvalue weighted by Crippen LogP contribution is -2.33. The minimum atomic E-state index is -0.811. The fourth-order valence-electron chi connectivity index (χ4n) is 4.05. The van der Waals surface area contributed by atoms with E-state index in [0.29, 0.717) is 39.2 Å². The average Bonchev–Trinajstić information content (AvgIpc) is 3.10. The minimum absolute atomic E-state index is 0.0425. The molecule has 1 amide bonds. The monoisotopic (exact) mass is 425 g/mol. The molecule has 1 aliphatic rings. The van der Waals surface area contributed by atoms with E-state index in [1.807, 2.05) is 24.3 Å². The summed E-state index contributed by atoms with van der Waals surface area (Å²) in [4.78, 5) is 25.1. The Labute approximate surface area is 183 Å². The van der Waals surface area contributed by atoms with Crippen LogP contribution in [0.3, 0.4) is 0 Å². The first-order valence-electron chi connectivity index (χ1n) is 10.8. The Kier molecular flexibility index (Phi) is 8.44. The highest BCUT2D eigenvalue weighted by Gasteiger charge is 2.28. The quantitative estimate of drug-likeness (QED) is 0.452. The highest BCUT2D eigenvalue weighted by molar-refractivity contribution is 5.79. The van der Waals surface area contributed by atoms with E-state index in [4.69, 9.17) is 15.6 Å². The summed E-state index contributed by atoms with van der Waals surface area (Å²) < 4.78 is 5.53. The van der Waals surface area contributed by atoms with E-state index in [1.165, 1.54) is 22.3 Å². The molecule has 2 aromatic carbocycles. The van der Waals surface area contributed by atoms with E-state index in [-0.39, 0.29) is 12.3 Å². The number of carbonyl (C=O) groups excluding carboxylic acids is 1. The summed E-state index contributed by atoms with van der Waals surface area (Å²) >= 11 is 0. The van der Waals surface area contributed by atoms with Gasteiger partial charge in [0, 0.05) is 19.0 Å². The third-order valence-electron chi connectivity index (χ3n) is 5.58. The summed E-state index contributed by atoms with van der Waals surface area (Å²) in [5.41, 5.74) is 10.3. The van der Waals surface area contributed by atoms with Crippen LogP contribution in [0.1, 0.15) is 36.3 Å². The zero-order valence-corrected chi connectivity index (χ0v) is 17.8. The molecular weight excluding hydrogens is 394 g/mol. The molecule has 0 radical (unpaired) electrons. The molecule has 0 saturated heterocycles. The maximum Gasteiger partial charge on any atom is 0.407 e. The average molecular weight is 426 g/mol. The highest BCUT2D eigenvalue weighted by atomic mass is 16.5. The Morgan fingerprint density at radius 3 is 2.19 bits per heavy atom. The van der Waals surface area contributed by atoms with Crippen LogP contribution in [0, 0.1) is 0 Å². The third kappa shape index (κ3) is 6.29. The Balaban J connectivity index is 1.44. The fourth-order valence-corrected chi connectivity index (χ4v) is 4.05. The van der Waals surface area contributed by atoms with Gasteiger partial charge in [0.15, 0.2) is 0 Å². The van der Waals surface area contributed by atoms with Crippen molar-refractivity contribution in [3.05, 3.63) is 59.7 Å². The fraction of sp³-hybridized carbons (Fsp3) is 0.417. The number of carboxylic acid groups (broad SMARTS) is 1. The van der Waals surface area contributed by atoms with Crippen molar-refractivity contribution in [1.29, 1.82) is 0 Å². The van der Waals surface area contributed by atoms with E-state index in [2.05, 4.69) is 34.5 Å². The predicted octanol–water partition coefficient (Wildman–Crippen LogP) is 3.04. The van der Waals surface area contributed by atoms with Gasteiger partial charge in [0.1, 0.15) is 6.61 Å². The number of carbonyl (C=O) groups is 2. The Morgan fingerprint density at radius 1 is 0.968 bits per heavy atom. The molecule has 4 N–H and O–H groups in total. The molecule has 0 unspecified atom stereocenters. The zero-order chi connectivity index (χ0) is 22.1. The van der Waals surface area contributed by atoms with Crippen LogP contribution in [0.5, 0.6) is 0 Å². The van der Waals surface area contributed by atoms with Crippen LogP contribution in [-0.4, -0.2) is 61.4 Å². The molecule has 0 aromatic heterocycles. The molecule has 166 valence electrons. The number of nitrogens with one attached hydrogen (secondary N) is 1. The van der Waals surface area contributed by atoms with Crippen LogP contribution in [0.2, 0.25) is 0 Å². The van der Waals surface area contributed by atoms with Gasteiger partial charge < -0.3 is 25.8 Å². The number of ether oxygens (including phenoxy) is 1. The molecule has 0 heterocycles.